The van der Waals surface area contributed by atoms with Crippen LogP contribution in [0.2, 0.25) is 0 Å². The van der Waals surface area contributed by atoms with E-state index in [4.69, 9.17) is 9.47 Å². The molecule has 0 saturated heterocycles. The fraction of sp³-hybridized carbons (Fsp3) is 0.368. The van der Waals surface area contributed by atoms with Gasteiger partial charge in [-0.2, -0.15) is 0 Å². The largest absolute Gasteiger partial charge is 0.458 e. The summed E-state index contributed by atoms with van der Waals surface area (Å²) in [7, 11) is 0. The highest BCUT2D eigenvalue weighted by molar-refractivity contribution is 5.99. The zero-order valence-corrected chi connectivity index (χ0v) is 13.2. The second-order valence-corrected chi connectivity index (χ2v) is 6.50. The van der Waals surface area contributed by atoms with E-state index in [9.17, 15) is 9.59 Å². The van der Waals surface area contributed by atoms with Crippen molar-refractivity contribution in [2.75, 3.05) is 0 Å². The Balaban J connectivity index is 1.57. The van der Waals surface area contributed by atoms with Crippen LogP contribution >= 0.6 is 0 Å². The summed E-state index contributed by atoms with van der Waals surface area (Å²) in [6, 6.07) is 8.31. The molecule has 1 aromatic rings. The van der Waals surface area contributed by atoms with Crippen LogP contribution in [0.1, 0.15) is 37.3 Å². The Bertz CT molecular complexity index is 771. The van der Waals surface area contributed by atoms with Crippen LogP contribution in [0, 0.1) is 5.92 Å². The maximum Gasteiger partial charge on any atom is 0.337 e. The van der Waals surface area contributed by atoms with Gasteiger partial charge in [-0.25, -0.2) is 4.79 Å². The third-order valence-corrected chi connectivity index (χ3v) is 5.29. The molecule has 1 fully saturated rings. The summed E-state index contributed by atoms with van der Waals surface area (Å²) in [4.78, 5) is 23.9. The SMILES string of the molecule is CC1=C(C)[C@H](O/C=C2/C(=O)C[C@@H]3c4ccccc4C[C@H]23)OC1=O. The maximum atomic E-state index is 12.3. The average Bonchev–Trinajstić information content (AvgIpc) is 3.12. The lowest BCUT2D eigenvalue weighted by Crippen LogP contribution is -2.14. The zero-order valence-electron chi connectivity index (χ0n) is 13.2. The number of esters is 1. The molecule has 1 aliphatic heterocycles. The molecule has 0 radical (unpaired) electrons. The molecule has 3 aliphatic rings. The van der Waals surface area contributed by atoms with Crippen LogP contribution in [0.15, 0.2) is 47.2 Å². The van der Waals surface area contributed by atoms with Gasteiger partial charge in [0.1, 0.15) is 0 Å². The fourth-order valence-electron chi connectivity index (χ4n) is 3.81. The van der Waals surface area contributed by atoms with Gasteiger partial charge in [-0.15, -0.1) is 0 Å². The summed E-state index contributed by atoms with van der Waals surface area (Å²) in [5.41, 5.74) is 4.68. The third kappa shape index (κ3) is 2.12. The molecule has 1 heterocycles. The van der Waals surface area contributed by atoms with Crippen molar-refractivity contribution < 1.29 is 19.1 Å². The summed E-state index contributed by atoms with van der Waals surface area (Å²) in [5, 5.41) is 0. The quantitative estimate of drug-likeness (QED) is 0.479. The lowest BCUT2D eigenvalue weighted by molar-refractivity contribution is -0.153. The lowest BCUT2D eigenvalue weighted by atomic mass is 9.95. The molecule has 0 spiro atoms. The molecule has 1 saturated carbocycles. The minimum absolute atomic E-state index is 0.136. The van der Waals surface area contributed by atoms with E-state index in [0.29, 0.717) is 12.0 Å². The summed E-state index contributed by atoms with van der Waals surface area (Å²) in [5.74, 6) is 0.229. The van der Waals surface area contributed by atoms with Crippen molar-refractivity contribution in [3.8, 4) is 0 Å². The molecular formula is C19H18O4. The molecule has 3 atom stereocenters. The smallest absolute Gasteiger partial charge is 0.337 e. The Labute approximate surface area is 134 Å². The van der Waals surface area contributed by atoms with Gasteiger partial charge in [0.25, 0.3) is 6.29 Å². The highest BCUT2D eigenvalue weighted by Crippen LogP contribution is 2.49. The minimum atomic E-state index is -0.703. The molecule has 0 aromatic heterocycles. The first-order chi connectivity index (χ1) is 11.1. The van der Waals surface area contributed by atoms with Gasteiger partial charge in [-0.3, -0.25) is 4.79 Å². The van der Waals surface area contributed by atoms with E-state index in [1.165, 1.54) is 17.4 Å². The van der Waals surface area contributed by atoms with E-state index in [2.05, 4.69) is 12.1 Å². The van der Waals surface area contributed by atoms with Crippen LogP contribution in [0.4, 0.5) is 0 Å². The Morgan fingerprint density at radius 1 is 1.13 bits per heavy atom. The monoisotopic (exact) mass is 310 g/mol. The summed E-state index contributed by atoms with van der Waals surface area (Å²) in [6.07, 6.45) is 2.24. The molecule has 2 aliphatic carbocycles. The number of hydrogen-bond donors (Lipinski definition) is 0. The van der Waals surface area contributed by atoms with E-state index in [0.717, 1.165) is 17.6 Å². The molecule has 23 heavy (non-hydrogen) atoms. The number of carbonyl (C=O) groups excluding carboxylic acids is 2. The first-order valence-electron chi connectivity index (χ1n) is 7.91. The molecule has 4 nitrogen and oxygen atoms in total. The normalized spacial score (nSPS) is 30.7. The number of Topliss-reactive ketones (excluding diaryl/α,β-unsaturated/α-hetero) is 1. The van der Waals surface area contributed by atoms with Gasteiger partial charge in [0.05, 0.1) is 6.26 Å². The molecule has 0 amide bonds. The second-order valence-electron chi connectivity index (χ2n) is 6.50. The van der Waals surface area contributed by atoms with Gasteiger partial charge in [0.15, 0.2) is 5.78 Å². The highest BCUT2D eigenvalue weighted by Gasteiger charge is 2.44. The van der Waals surface area contributed by atoms with E-state index < -0.39 is 6.29 Å². The van der Waals surface area contributed by atoms with E-state index >= 15 is 0 Å². The molecule has 118 valence electrons. The predicted octanol–water partition coefficient (Wildman–Crippen LogP) is 3.04. The molecular weight excluding hydrogens is 292 g/mol. The van der Waals surface area contributed by atoms with Crippen LogP contribution in [0.5, 0.6) is 0 Å². The summed E-state index contributed by atoms with van der Waals surface area (Å²) in [6.45, 7) is 3.53. The number of rotatable bonds is 2. The second kappa shape index (κ2) is 5.08. The van der Waals surface area contributed by atoms with Gasteiger partial charge in [-0.1, -0.05) is 24.3 Å². The maximum absolute atomic E-state index is 12.3. The Hall–Kier alpha value is -2.36. The van der Waals surface area contributed by atoms with Gasteiger partial charge < -0.3 is 9.47 Å². The minimum Gasteiger partial charge on any atom is -0.458 e. The number of cyclic esters (lactones) is 1. The standard InChI is InChI=1S/C19H18O4/c1-10-11(2)19(23-18(10)21)22-9-16-14-7-12-5-3-4-6-13(12)15(14)8-17(16)20/h3-6,9,14-15,19H,7-8H2,1-2H3/b16-9+/t14-,15+,19+/m0/s1. The van der Waals surface area contributed by atoms with Crippen LogP contribution in [-0.4, -0.2) is 18.0 Å². The lowest BCUT2D eigenvalue weighted by Gasteiger charge is -2.13. The topological polar surface area (TPSA) is 52.6 Å². The summed E-state index contributed by atoms with van der Waals surface area (Å²) < 4.78 is 10.8. The van der Waals surface area contributed by atoms with Gasteiger partial charge in [0, 0.05) is 29.1 Å². The Kier molecular flexibility index (Phi) is 3.15. The van der Waals surface area contributed by atoms with Gasteiger partial charge in [0.2, 0.25) is 0 Å². The van der Waals surface area contributed by atoms with Crippen molar-refractivity contribution in [3.63, 3.8) is 0 Å². The van der Waals surface area contributed by atoms with Crippen molar-refractivity contribution >= 4 is 11.8 Å². The van der Waals surface area contributed by atoms with E-state index in [1.807, 2.05) is 19.1 Å². The molecule has 0 unspecified atom stereocenters. The fourth-order valence-corrected chi connectivity index (χ4v) is 3.81. The Morgan fingerprint density at radius 2 is 1.91 bits per heavy atom. The molecule has 0 N–H and O–H groups in total. The molecule has 0 bridgehead atoms. The zero-order chi connectivity index (χ0) is 16.1. The number of hydrogen-bond acceptors (Lipinski definition) is 4. The average molecular weight is 310 g/mol. The molecule has 4 heteroatoms. The molecule has 4 rings (SSSR count). The van der Waals surface area contributed by atoms with Crippen LogP contribution in [0.25, 0.3) is 0 Å². The first kappa shape index (κ1) is 14.2. The predicted molar refractivity (Wildman–Crippen MR) is 83.4 cm³/mol. The van der Waals surface area contributed by atoms with Crippen LogP contribution in [0.3, 0.4) is 0 Å². The van der Waals surface area contributed by atoms with Crippen molar-refractivity contribution in [1.82, 2.24) is 0 Å². The van der Waals surface area contributed by atoms with E-state index in [-0.39, 0.29) is 23.6 Å². The summed E-state index contributed by atoms with van der Waals surface area (Å²) >= 11 is 0. The van der Waals surface area contributed by atoms with Crippen LogP contribution in [-0.2, 0) is 25.5 Å². The Morgan fingerprint density at radius 3 is 2.65 bits per heavy atom. The molecule has 1 aromatic carbocycles. The number of allylic oxidation sites excluding steroid dienone is 1. The number of ether oxygens (including phenoxy) is 2. The number of ketones is 1. The first-order valence-corrected chi connectivity index (χ1v) is 7.91. The number of carbonyl (C=O) groups is 2. The van der Waals surface area contributed by atoms with Crippen LogP contribution < -0.4 is 0 Å². The van der Waals surface area contributed by atoms with Crippen molar-refractivity contribution in [1.29, 1.82) is 0 Å². The van der Waals surface area contributed by atoms with Gasteiger partial charge >= 0.3 is 5.97 Å². The number of benzene rings is 1. The third-order valence-electron chi connectivity index (χ3n) is 5.29. The highest BCUT2D eigenvalue weighted by atomic mass is 16.7. The van der Waals surface area contributed by atoms with Gasteiger partial charge in [-0.05, 0) is 37.3 Å². The number of fused-ring (bicyclic) bond motifs is 3. The van der Waals surface area contributed by atoms with E-state index in [1.54, 1.807) is 6.92 Å². The van der Waals surface area contributed by atoms with Crippen molar-refractivity contribution in [2.45, 2.75) is 38.9 Å². The van der Waals surface area contributed by atoms with Crippen molar-refractivity contribution in [3.05, 3.63) is 58.4 Å². The van der Waals surface area contributed by atoms with Crippen molar-refractivity contribution in [2.24, 2.45) is 5.92 Å².